The Morgan fingerprint density at radius 1 is 1.05 bits per heavy atom. The largest absolute Gasteiger partial charge is 0.467 e. The normalized spacial score (nSPS) is 14.5. The lowest BCUT2D eigenvalue weighted by Gasteiger charge is -2.26. The molecule has 2 aromatic rings. The summed E-state index contributed by atoms with van der Waals surface area (Å²) in [6.07, 6.45) is 3.04. The van der Waals surface area contributed by atoms with Crippen molar-refractivity contribution < 1.29 is 28.6 Å². The summed E-state index contributed by atoms with van der Waals surface area (Å²) in [5.74, 6) is 4.88. The average Bonchev–Trinajstić information content (AvgIpc) is 2.93. The van der Waals surface area contributed by atoms with Gasteiger partial charge in [-0.05, 0) is 68.3 Å². The van der Waals surface area contributed by atoms with Crippen LogP contribution in [0.1, 0.15) is 47.8 Å². The highest BCUT2D eigenvalue weighted by molar-refractivity contribution is 5.97. The summed E-state index contributed by atoms with van der Waals surface area (Å²) in [6, 6.07) is 14.0. The van der Waals surface area contributed by atoms with Crippen molar-refractivity contribution in [2.24, 2.45) is 0 Å². The number of alkyl carbamates (subject to hydrolysis) is 1. The van der Waals surface area contributed by atoms with Crippen LogP contribution in [-0.2, 0) is 25.5 Å². The Hall–Kier alpha value is -4.13. The van der Waals surface area contributed by atoms with Crippen molar-refractivity contribution in [3.8, 4) is 11.8 Å². The number of hydrogen-bond donors (Lipinski definition) is 2. The molecule has 1 saturated heterocycles. The van der Waals surface area contributed by atoms with E-state index in [-0.39, 0.29) is 6.54 Å². The maximum Gasteiger partial charge on any atom is 0.407 e. The predicted molar refractivity (Wildman–Crippen MR) is 152 cm³/mol. The van der Waals surface area contributed by atoms with Crippen LogP contribution >= 0.6 is 0 Å². The van der Waals surface area contributed by atoms with Gasteiger partial charge in [0.15, 0.2) is 0 Å². The molecule has 2 amide bonds. The Bertz CT molecular complexity index is 1230. The third-order valence-electron chi connectivity index (χ3n) is 5.85. The molecular weight excluding hydrogens is 510 g/mol. The molecule has 0 aromatic heterocycles. The summed E-state index contributed by atoms with van der Waals surface area (Å²) >= 11 is 0. The second kappa shape index (κ2) is 14.9. The van der Waals surface area contributed by atoms with Crippen LogP contribution in [0.15, 0.2) is 54.6 Å². The third-order valence-corrected chi connectivity index (χ3v) is 5.85. The summed E-state index contributed by atoms with van der Waals surface area (Å²) < 4.78 is 15.3. The van der Waals surface area contributed by atoms with E-state index in [4.69, 9.17) is 14.2 Å². The summed E-state index contributed by atoms with van der Waals surface area (Å²) in [4.78, 5) is 39.1. The molecule has 9 heteroatoms. The summed E-state index contributed by atoms with van der Waals surface area (Å²) in [6.45, 7) is 9.43. The number of rotatable bonds is 8. The molecule has 0 spiro atoms. The number of esters is 1. The quantitative estimate of drug-likeness (QED) is 0.386. The number of carbonyl (C=O) groups excluding carboxylic acids is 3. The van der Waals surface area contributed by atoms with Crippen molar-refractivity contribution in [2.45, 2.75) is 39.0 Å². The molecule has 0 saturated carbocycles. The Morgan fingerprint density at radius 3 is 2.35 bits per heavy atom. The molecule has 1 atom stereocenters. The lowest BCUT2D eigenvalue weighted by atomic mass is 10.1. The smallest absolute Gasteiger partial charge is 0.407 e. The molecule has 1 heterocycles. The van der Waals surface area contributed by atoms with Gasteiger partial charge in [0.1, 0.15) is 11.6 Å². The predicted octanol–water partition coefficient (Wildman–Crippen LogP) is 3.38. The molecule has 0 aliphatic carbocycles. The van der Waals surface area contributed by atoms with Crippen molar-refractivity contribution in [3.05, 3.63) is 76.9 Å². The molecule has 2 aromatic carbocycles. The van der Waals surface area contributed by atoms with Crippen LogP contribution in [0.2, 0.25) is 0 Å². The van der Waals surface area contributed by atoms with Gasteiger partial charge in [0.05, 0.1) is 26.9 Å². The number of ether oxygens (including phenoxy) is 3. The molecule has 1 fully saturated rings. The van der Waals surface area contributed by atoms with Gasteiger partial charge >= 0.3 is 12.1 Å². The fourth-order valence-electron chi connectivity index (χ4n) is 3.80. The summed E-state index contributed by atoms with van der Waals surface area (Å²) in [5, 5.41) is 5.05. The fraction of sp³-hybridized carbons (Fsp3) is 0.387. The zero-order valence-electron chi connectivity index (χ0n) is 23.5. The van der Waals surface area contributed by atoms with E-state index in [0.29, 0.717) is 5.56 Å². The maximum atomic E-state index is 12.7. The van der Waals surface area contributed by atoms with Crippen molar-refractivity contribution in [1.29, 1.82) is 0 Å². The number of amides is 2. The highest BCUT2D eigenvalue weighted by atomic mass is 16.6. The standard InChI is InChI=1S/C31H37N3O6/c1-31(2,3)40-30(37)32-21-27(29(36)38-4)33-28(35)26-15-13-24(14-16-26)8-6-5-7-23-9-11-25(12-10-23)22-34-17-19-39-20-18-34/h5,7,9-16,27H,17-22H2,1-4H3,(H,32,37)(H,33,35)/t27-/m0/s1. The highest BCUT2D eigenvalue weighted by Crippen LogP contribution is 2.11. The number of methoxy groups -OCH3 is 1. The van der Waals surface area contributed by atoms with Gasteiger partial charge in [-0.25, -0.2) is 9.59 Å². The molecule has 9 nitrogen and oxygen atoms in total. The van der Waals surface area contributed by atoms with Gasteiger partial charge in [-0.1, -0.05) is 36.1 Å². The minimum atomic E-state index is -1.08. The van der Waals surface area contributed by atoms with E-state index in [1.807, 2.05) is 6.08 Å². The first kappa shape index (κ1) is 30.4. The van der Waals surface area contributed by atoms with Crippen LogP contribution < -0.4 is 10.6 Å². The number of benzene rings is 2. The SMILES string of the molecule is COC(=O)[C@H](CNC(=O)OC(C)(C)C)NC(=O)c1ccc(C#CC=Cc2ccc(CN3CCOCC3)cc2)cc1. The number of nitrogens with one attached hydrogen (secondary N) is 2. The van der Waals surface area contributed by atoms with E-state index < -0.39 is 29.6 Å². The lowest BCUT2D eigenvalue weighted by molar-refractivity contribution is -0.142. The van der Waals surface area contributed by atoms with Crippen molar-refractivity contribution in [2.75, 3.05) is 40.0 Å². The molecule has 0 unspecified atom stereocenters. The minimum Gasteiger partial charge on any atom is -0.467 e. The molecule has 0 bridgehead atoms. The van der Waals surface area contributed by atoms with Crippen LogP contribution in [0.3, 0.4) is 0 Å². The monoisotopic (exact) mass is 547 g/mol. The first-order valence-corrected chi connectivity index (χ1v) is 13.2. The van der Waals surface area contributed by atoms with Gasteiger partial charge in [0.2, 0.25) is 0 Å². The lowest BCUT2D eigenvalue weighted by Crippen LogP contribution is -2.49. The first-order chi connectivity index (χ1) is 19.1. The second-order valence-corrected chi connectivity index (χ2v) is 10.2. The van der Waals surface area contributed by atoms with E-state index in [1.54, 1.807) is 51.1 Å². The van der Waals surface area contributed by atoms with E-state index in [0.717, 1.165) is 44.0 Å². The molecule has 1 aliphatic rings. The van der Waals surface area contributed by atoms with E-state index in [9.17, 15) is 14.4 Å². The Labute approximate surface area is 235 Å². The van der Waals surface area contributed by atoms with Gasteiger partial charge < -0.3 is 24.8 Å². The summed E-state index contributed by atoms with van der Waals surface area (Å²) in [5.41, 5.74) is 2.71. The molecule has 2 N–H and O–H groups in total. The van der Waals surface area contributed by atoms with Crippen LogP contribution in [-0.4, -0.2) is 74.5 Å². The zero-order valence-corrected chi connectivity index (χ0v) is 23.5. The van der Waals surface area contributed by atoms with Crippen LogP contribution in [0, 0.1) is 11.8 Å². The molecular formula is C31H37N3O6. The number of hydrogen-bond acceptors (Lipinski definition) is 7. The molecule has 212 valence electrons. The van der Waals surface area contributed by atoms with E-state index in [1.165, 1.54) is 12.7 Å². The van der Waals surface area contributed by atoms with Gasteiger partial charge in [-0.2, -0.15) is 0 Å². The first-order valence-electron chi connectivity index (χ1n) is 13.2. The van der Waals surface area contributed by atoms with E-state index in [2.05, 4.69) is 51.6 Å². The molecule has 3 rings (SSSR count). The number of allylic oxidation sites excluding steroid dienone is 1. The van der Waals surface area contributed by atoms with Crippen LogP contribution in [0.25, 0.3) is 6.08 Å². The van der Waals surface area contributed by atoms with Crippen molar-refractivity contribution >= 4 is 24.0 Å². The minimum absolute atomic E-state index is 0.181. The topological polar surface area (TPSA) is 106 Å². The highest BCUT2D eigenvalue weighted by Gasteiger charge is 2.24. The van der Waals surface area contributed by atoms with Gasteiger partial charge in [0.25, 0.3) is 5.91 Å². The number of morpholine rings is 1. The average molecular weight is 548 g/mol. The maximum absolute atomic E-state index is 12.7. The van der Waals surface area contributed by atoms with E-state index >= 15 is 0 Å². The Balaban J connectivity index is 1.51. The summed E-state index contributed by atoms with van der Waals surface area (Å²) in [7, 11) is 1.21. The third kappa shape index (κ3) is 10.6. The fourth-order valence-corrected chi connectivity index (χ4v) is 3.80. The van der Waals surface area contributed by atoms with Crippen molar-refractivity contribution in [3.63, 3.8) is 0 Å². The molecule has 1 aliphatic heterocycles. The van der Waals surface area contributed by atoms with Crippen LogP contribution in [0.4, 0.5) is 4.79 Å². The Morgan fingerprint density at radius 2 is 1.73 bits per heavy atom. The molecule has 40 heavy (non-hydrogen) atoms. The number of carbonyl (C=O) groups is 3. The second-order valence-electron chi connectivity index (χ2n) is 10.2. The van der Waals surface area contributed by atoms with Crippen LogP contribution in [0.5, 0.6) is 0 Å². The van der Waals surface area contributed by atoms with Gasteiger partial charge in [-0.3, -0.25) is 9.69 Å². The zero-order chi connectivity index (χ0) is 29.0. The number of nitrogens with zero attached hydrogens (tertiary/aromatic N) is 1. The Kier molecular flexibility index (Phi) is 11.3. The van der Waals surface area contributed by atoms with Crippen molar-refractivity contribution in [1.82, 2.24) is 15.5 Å². The van der Waals surface area contributed by atoms with Gasteiger partial charge in [-0.15, -0.1) is 0 Å². The van der Waals surface area contributed by atoms with Gasteiger partial charge in [0, 0.05) is 30.8 Å². The molecule has 0 radical (unpaired) electrons.